The van der Waals surface area contributed by atoms with Gasteiger partial charge in [0.1, 0.15) is 0 Å². The molecule has 0 saturated carbocycles. The lowest BCUT2D eigenvalue weighted by Crippen LogP contribution is -2.40. The zero-order chi connectivity index (χ0) is 11.4. The summed E-state index contributed by atoms with van der Waals surface area (Å²) in [5.74, 6) is 0. The van der Waals surface area contributed by atoms with Crippen molar-refractivity contribution in [2.75, 3.05) is 6.54 Å². The summed E-state index contributed by atoms with van der Waals surface area (Å²) >= 11 is 0. The van der Waals surface area contributed by atoms with Crippen LogP contribution < -0.4 is 10.6 Å². The van der Waals surface area contributed by atoms with Crippen LogP contribution in [0.4, 0.5) is 4.79 Å². The number of amides is 1. The fraction of sp³-hybridized carbons (Fsp3) is 0.417. The Morgan fingerprint density at radius 2 is 2.19 bits per heavy atom. The third kappa shape index (κ3) is 2.52. The molecule has 4 heteroatoms. The van der Waals surface area contributed by atoms with E-state index in [4.69, 9.17) is 5.11 Å². The van der Waals surface area contributed by atoms with Gasteiger partial charge in [0.25, 0.3) is 0 Å². The van der Waals surface area contributed by atoms with Crippen LogP contribution >= 0.6 is 0 Å². The van der Waals surface area contributed by atoms with Crippen molar-refractivity contribution in [2.24, 2.45) is 0 Å². The summed E-state index contributed by atoms with van der Waals surface area (Å²) in [4.78, 5) is 10.8. The molecule has 16 heavy (non-hydrogen) atoms. The molecule has 1 aliphatic rings. The minimum Gasteiger partial charge on any atom is -0.465 e. The van der Waals surface area contributed by atoms with Gasteiger partial charge in [-0.3, -0.25) is 0 Å². The maximum Gasteiger partial charge on any atom is 0.405 e. The quantitative estimate of drug-likeness (QED) is 0.727. The predicted octanol–water partition coefficient (Wildman–Crippen LogP) is 1.75. The van der Waals surface area contributed by atoms with Crippen molar-refractivity contribution in [3.8, 4) is 0 Å². The highest BCUT2D eigenvalue weighted by atomic mass is 16.4. The number of carboxylic acid groups (broad SMARTS) is 1. The second-order valence-electron chi connectivity index (χ2n) is 4.04. The molecule has 2 rings (SSSR count). The highest BCUT2D eigenvalue weighted by molar-refractivity contribution is 5.65. The van der Waals surface area contributed by atoms with Crippen molar-refractivity contribution in [2.45, 2.75) is 24.9 Å². The summed E-state index contributed by atoms with van der Waals surface area (Å²) < 4.78 is 0. The van der Waals surface area contributed by atoms with E-state index in [0.29, 0.717) is 0 Å². The van der Waals surface area contributed by atoms with E-state index >= 15 is 0 Å². The highest BCUT2D eigenvalue weighted by Gasteiger charge is 2.26. The molecule has 2 unspecified atom stereocenters. The van der Waals surface area contributed by atoms with Gasteiger partial charge in [-0.1, -0.05) is 30.3 Å². The molecule has 0 aromatic heterocycles. The van der Waals surface area contributed by atoms with Crippen LogP contribution in [-0.4, -0.2) is 23.8 Å². The Hall–Kier alpha value is -1.55. The fourth-order valence-electron chi connectivity index (χ4n) is 2.21. The van der Waals surface area contributed by atoms with Gasteiger partial charge in [-0.15, -0.1) is 0 Å². The Morgan fingerprint density at radius 3 is 2.75 bits per heavy atom. The first-order chi connectivity index (χ1) is 7.77. The van der Waals surface area contributed by atoms with Gasteiger partial charge in [-0.05, 0) is 24.9 Å². The Balaban J connectivity index is 2.16. The zero-order valence-corrected chi connectivity index (χ0v) is 9.02. The van der Waals surface area contributed by atoms with E-state index in [1.165, 1.54) is 0 Å². The molecule has 0 bridgehead atoms. The number of hydrogen-bond donors (Lipinski definition) is 3. The van der Waals surface area contributed by atoms with Crippen LogP contribution in [-0.2, 0) is 0 Å². The molecule has 0 aliphatic carbocycles. The lowest BCUT2D eigenvalue weighted by atomic mass is 9.98. The second-order valence-corrected chi connectivity index (χ2v) is 4.04. The lowest BCUT2D eigenvalue weighted by Gasteiger charge is -2.24. The van der Waals surface area contributed by atoms with Crippen molar-refractivity contribution < 1.29 is 9.90 Å². The van der Waals surface area contributed by atoms with Crippen LogP contribution in [0.5, 0.6) is 0 Å². The molecular weight excluding hydrogens is 204 g/mol. The Bertz CT molecular complexity index is 347. The molecule has 3 N–H and O–H groups in total. The van der Waals surface area contributed by atoms with Crippen molar-refractivity contribution in [1.29, 1.82) is 0 Å². The Morgan fingerprint density at radius 1 is 1.44 bits per heavy atom. The van der Waals surface area contributed by atoms with E-state index < -0.39 is 6.09 Å². The molecule has 0 radical (unpaired) electrons. The Labute approximate surface area is 94.7 Å². The molecule has 1 aliphatic heterocycles. The van der Waals surface area contributed by atoms with Crippen LogP contribution in [0.2, 0.25) is 0 Å². The third-order valence-electron chi connectivity index (χ3n) is 2.94. The van der Waals surface area contributed by atoms with Crippen molar-refractivity contribution in [3.63, 3.8) is 0 Å². The first-order valence-corrected chi connectivity index (χ1v) is 5.55. The maximum atomic E-state index is 10.8. The topological polar surface area (TPSA) is 61.4 Å². The molecule has 2 atom stereocenters. The van der Waals surface area contributed by atoms with Gasteiger partial charge in [0.15, 0.2) is 0 Å². The van der Waals surface area contributed by atoms with E-state index in [9.17, 15) is 4.79 Å². The maximum absolute atomic E-state index is 10.8. The minimum atomic E-state index is -0.970. The minimum absolute atomic E-state index is 0.152. The molecule has 1 heterocycles. The fourth-order valence-corrected chi connectivity index (χ4v) is 2.21. The largest absolute Gasteiger partial charge is 0.465 e. The average Bonchev–Trinajstić information content (AvgIpc) is 2.80. The Kier molecular flexibility index (Phi) is 3.41. The lowest BCUT2D eigenvalue weighted by molar-refractivity contribution is 0.187. The first-order valence-electron chi connectivity index (χ1n) is 5.55. The van der Waals surface area contributed by atoms with Gasteiger partial charge in [0, 0.05) is 6.04 Å². The SMILES string of the molecule is O=C(O)NC(c1ccccc1)C1CCCN1. The molecule has 4 nitrogen and oxygen atoms in total. The van der Waals surface area contributed by atoms with E-state index in [2.05, 4.69) is 10.6 Å². The summed E-state index contributed by atoms with van der Waals surface area (Å²) in [6.45, 7) is 0.968. The van der Waals surface area contributed by atoms with Gasteiger partial charge in [0.2, 0.25) is 0 Å². The van der Waals surface area contributed by atoms with E-state index in [-0.39, 0.29) is 12.1 Å². The summed E-state index contributed by atoms with van der Waals surface area (Å²) in [7, 11) is 0. The first kappa shape index (κ1) is 11.0. The summed E-state index contributed by atoms with van der Waals surface area (Å²) in [5.41, 5.74) is 1.02. The van der Waals surface area contributed by atoms with E-state index in [1.54, 1.807) is 0 Å². The molecule has 1 saturated heterocycles. The smallest absolute Gasteiger partial charge is 0.405 e. The van der Waals surface area contributed by atoms with E-state index in [0.717, 1.165) is 24.9 Å². The van der Waals surface area contributed by atoms with Crippen LogP contribution in [0.3, 0.4) is 0 Å². The van der Waals surface area contributed by atoms with Crippen molar-refractivity contribution in [1.82, 2.24) is 10.6 Å². The van der Waals surface area contributed by atoms with Crippen LogP contribution in [0, 0.1) is 0 Å². The average molecular weight is 220 g/mol. The number of hydrogen-bond acceptors (Lipinski definition) is 2. The zero-order valence-electron chi connectivity index (χ0n) is 9.02. The number of benzene rings is 1. The normalized spacial score (nSPS) is 21.6. The van der Waals surface area contributed by atoms with Gasteiger partial charge < -0.3 is 15.7 Å². The molecule has 0 spiro atoms. The highest BCUT2D eigenvalue weighted by Crippen LogP contribution is 2.22. The van der Waals surface area contributed by atoms with Crippen molar-refractivity contribution in [3.05, 3.63) is 35.9 Å². The van der Waals surface area contributed by atoms with E-state index in [1.807, 2.05) is 30.3 Å². The molecule has 1 amide bonds. The number of nitrogens with one attached hydrogen (secondary N) is 2. The molecular formula is C12H16N2O2. The predicted molar refractivity (Wildman–Crippen MR) is 61.4 cm³/mol. The molecule has 86 valence electrons. The molecule has 1 fully saturated rings. The monoisotopic (exact) mass is 220 g/mol. The van der Waals surface area contributed by atoms with Gasteiger partial charge in [-0.25, -0.2) is 4.79 Å². The van der Waals surface area contributed by atoms with Gasteiger partial charge in [0.05, 0.1) is 6.04 Å². The summed E-state index contributed by atoms with van der Waals surface area (Å²) in [6.07, 6.45) is 1.15. The van der Waals surface area contributed by atoms with Gasteiger partial charge in [-0.2, -0.15) is 0 Å². The third-order valence-corrected chi connectivity index (χ3v) is 2.94. The van der Waals surface area contributed by atoms with Crippen LogP contribution in [0.15, 0.2) is 30.3 Å². The van der Waals surface area contributed by atoms with Crippen LogP contribution in [0.25, 0.3) is 0 Å². The number of rotatable bonds is 3. The van der Waals surface area contributed by atoms with Gasteiger partial charge >= 0.3 is 6.09 Å². The number of carbonyl (C=O) groups is 1. The summed E-state index contributed by atoms with van der Waals surface area (Å²) in [6, 6.07) is 9.77. The second kappa shape index (κ2) is 4.99. The standard InChI is InChI=1S/C12H16N2O2/c15-12(16)14-11(10-7-4-8-13-10)9-5-2-1-3-6-9/h1-3,5-6,10-11,13-14H,4,7-8H2,(H,15,16). The van der Waals surface area contributed by atoms with Crippen molar-refractivity contribution >= 4 is 6.09 Å². The molecule has 1 aromatic rings. The van der Waals surface area contributed by atoms with Crippen LogP contribution in [0.1, 0.15) is 24.4 Å². The molecule has 1 aromatic carbocycles. The summed E-state index contributed by atoms with van der Waals surface area (Å²) in [5, 5.41) is 14.8.